The summed E-state index contributed by atoms with van der Waals surface area (Å²) in [7, 11) is 0. The third-order valence-electron chi connectivity index (χ3n) is 1.07. The van der Waals surface area contributed by atoms with Crippen molar-refractivity contribution in [1.82, 2.24) is 0 Å². The summed E-state index contributed by atoms with van der Waals surface area (Å²) in [4.78, 5) is 0. The Morgan fingerprint density at radius 1 is 1.00 bits per heavy atom. The van der Waals surface area contributed by atoms with E-state index in [2.05, 4.69) is 0 Å². The van der Waals surface area contributed by atoms with Crippen molar-refractivity contribution in [2.24, 2.45) is 0 Å². The molecule has 0 spiro atoms. The molecule has 0 aliphatic rings. The quantitative estimate of drug-likeness (QED) is 0.685. The Balaban J connectivity index is 0. The maximum absolute atomic E-state index is 5.57. The van der Waals surface area contributed by atoms with Crippen LogP contribution in [0.25, 0.3) is 0 Å². The molecule has 3 nitrogen and oxygen atoms in total. The molecule has 0 bridgehead atoms. The standard InChI is InChI=1S/2C3H7O.C2H5O.2In/c2*1-3(2)4;1-2-3;;/h2*3H,1-2H3;2H2,1H3;;/q3*-1;;+3. The van der Waals surface area contributed by atoms with E-state index in [1.807, 2.05) is 34.6 Å². The first-order valence-electron chi connectivity index (χ1n) is 4.48. The van der Waals surface area contributed by atoms with Crippen LogP contribution in [0.4, 0.5) is 0 Å². The molecule has 0 atom stereocenters. The molecule has 0 aliphatic heterocycles. The Morgan fingerprint density at radius 2 is 1.38 bits per heavy atom. The molecule has 0 aromatic carbocycles. The average molecular weight is 393 g/mol. The smallest absolute Gasteiger partial charge is 0 e. The molecule has 13 heavy (non-hydrogen) atoms. The normalized spacial score (nSPS) is 10.4. The van der Waals surface area contributed by atoms with Gasteiger partial charge in [-0.3, -0.25) is 0 Å². The monoisotopic (exact) mass is 393 g/mol. The molecule has 0 aromatic heterocycles. The van der Waals surface area contributed by atoms with Gasteiger partial charge in [-0.1, -0.05) is 0 Å². The molecule has 3 radical (unpaired) electrons. The van der Waals surface area contributed by atoms with Crippen LogP contribution in [0.3, 0.4) is 0 Å². The van der Waals surface area contributed by atoms with Crippen LogP contribution >= 0.6 is 0 Å². The molecule has 0 fully saturated rings. The number of hydrogen-bond donors (Lipinski definition) is 0. The van der Waals surface area contributed by atoms with Gasteiger partial charge < -0.3 is 0 Å². The van der Waals surface area contributed by atoms with Gasteiger partial charge in [0.1, 0.15) is 0 Å². The fourth-order valence-electron chi connectivity index (χ4n) is 0.691. The van der Waals surface area contributed by atoms with Crippen molar-refractivity contribution < 1.29 is 8.56 Å². The van der Waals surface area contributed by atoms with E-state index in [0.717, 1.165) is 0 Å². The first-order valence-corrected chi connectivity index (χ1v) is 8.52. The first kappa shape index (κ1) is 17.0. The Hall–Kier alpha value is 1.62. The molecule has 0 aromatic rings. The molecule has 0 rings (SSSR count). The first-order chi connectivity index (χ1) is 5.56. The van der Waals surface area contributed by atoms with Crippen molar-refractivity contribution in [3.05, 3.63) is 0 Å². The maximum atomic E-state index is 5.57. The van der Waals surface area contributed by atoms with Gasteiger partial charge in [0.05, 0.1) is 0 Å². The molecule has 0 unspecified atom stereocenters. The van der Waals surface area contributed by atoms with E-state index in [9.17, 15) is 0 Å². The third-order valence-corrected chi connectivity index (χ3v) is 7.17. The van der Waals surface area contributed by atoms with Crippen molar-refractivity contribution in [2.75, 3.05) is 6.61 Å². The predicted octanol–water partition coefficient (Wildman–Crippen LogP) is 1.48. The molecule has 0 saturated carbocycles. The minimum Gasteiger partial charge on any atom is 0 e. The van der Waals surface area contributed by atoms with Crippen LogP contribution in [-0.2, 0) is 8.56 Å². The van der Waals surface area contributed by atoms with E-state index in [1.54, 1.807) is 0 Å². The van der Waals surface area contributed by atoms with E-state index in [-0.39, 0.29) is 38.1 Å². The second-order valence-corrected chi connectivity index (χ2v) is 7.27. The molecule has 0 N–H and O–H groups in total. The largest absolute Gasteiger partial charge is 0 e. The zero-order valence-corrected chi connectivity index (χ0v) is 15.8. The van der Waals surface area contributed by atoms with Gasteiger partial charge in [-0.2, -0.15) is 0 Å². The van der Waals surface area contributed by atoms with Crippen molar-refractivity contribution >= 4 is 48.6 Å². The predicted molar refractivity (Wildman–Crippen MR) is 55.6 cm³/mol. The summed E-state index contributed by atoms with van der Waals surface area (Å²) in [6.45, 7) is 10.7. The Bertz CT molecular complexity index is 99.6. The molecule has 75 valence electrons. The van der Waals surface area contributed by atoms with Crippen LogP contribution in [0.1, 0.15) is 34.6 Å². The van der Waals surface area contributed by atoms with Gasteiger partial charge in [0.15, 0.2) is 0 Å². The van der Waals surface area contributed by atoms with E-state index < -0.39 is 22.7 Å². The van der Waals surface area contributed by atoms with Gasteiger partial charge in [-0.05, 0) is 0 Å². The van der Waals surface area contributed by atoms with Crippen LogP contribution < -0.4 is 0 Å². The summed E-state index contributed by atoms with van der Waals surface area (Å²) in [5.41, 5.74) is 0. The van der Waals surface area contributed by atoms with Crippen molar-refractivity contribution in [3.63, 3.8) is 0 Å². The van der Waals surface area contributed by atoms with Crippen molar-refractivity contribution in [2.45, 2.75) is 46.8 Å². The summed E-state index contributed by atoms with van der Waals surface area (Å²) in [6.07, 6.45) is 0.437. The molecular formula is C8H19In2O3. The average Bonchev–Trinajstić information content (AvgIpc) is 1.84. The van der Waals surface area contributed by atoms with E-state index in [0.29, 0.717) is 6.61 Å². The minimum atomic E-state index is -2.53. The number of hydrogen-bond acceptors (Lipinski definition) is 3. The Kier molecular flexibility index (Phi) is 13.3. The van der Waals surface area contributed by atoms with E-state index >= 15 is 0 Å². The summed E-state index contributed by atoms with van der Waals surface area (Å²) in [6, 6.07) is 0. The van der Waals surface area contributed by atoms with E-state index in [4.69, 9.17) is 8.56 Å². The topological polar surface area (TPSA) is 27.7 Å². The molecule has 0 amide bonds. The number of rotatable bonds is 6. The van der Waals surface area contributed by atoms with Crippen LogP contribution in [-0.4, -0.2) is 67.4 Å². The van der Waals surface area contributed by atoms with Gasteiger partial charge >= 0.3 is 84.7 Å². The molecule has 0 saturated heterocycles. The SMILES string of the molecule is CC[O][In]([O]C(C)C)[O]C(C)C.[In]. The fourth-order valence-corrected chi connectivity index (χ4v) is 4.64. The van der Waals surface area contributed by atoms with Crippen LogP contribution in [0.2, 0.25) is 0 Å². The molecule has 5 heteroatoms. The zero-order valence-electron chi connectivity index (χ0n) is 9.24. The molecular weight excluding hydrogens is 374 g/mol. The van der Waals surface area contributed by atoms with Crippen molar-refractivity contribution in [1.29, 1.82) is 0 Å². The van der Waals surface area contributed by atoms with Crippen molar-refractivity contribution in [3.8, 4) is 0 Å². The summed E-state index contributed by atoms with van der Waals surface area (Å²) in [5, 5.41) is 0. The Morgan fingerprint density at radius 3 is 1.62 bits per heavy atom. The molecule has 0 aliphatic carbocycles. The van der Waals surface area contributed by atoms with Gasteiger partial charge in [0, 0.05) is 25.8 Å². The van der Waals surface area contributed by atoms with Crippen LogP contribution in [0.15, 0.2) is 0 Å². The van der Waals surface area contributed by atoms with Gasteiger partial charge in [-0.25, -0.2) is 0 Å². The van der Waals surface area contributed by atoms with Gasteiger partial charge in [-0.15, -0.1) is 0 Å². The summed E-state index contributed by atoms with van der Waals surface area (Å²) < 4.78 is 16.6. The van der Waals surface area contributed by atoms with Crippen LogP contribution in [0.5, 0.6) is 0 Å². The Labute approximate surface area is 110 Å². The zero-order chi connectivity index (χ0) is 9.56. The second kappa shape index (κ2) is 10.1. The van der Waals surface area contributed by atoms with Gasteiger partial charge in [0.25, 0.3) is 0 Å². The summed E-state index contributed by atoms with van der Waals surface area (Å²) in [5.74, 6) is 0. The molecule has 0 heterocycles. The third kappa shape index (κ3) is 11.5. The minimum absolute atomic E-state index is 0. The summed E-state index contributed by atoms with van der Waals surface area (Å²) >= 11 is -2.53. The van der Waals surface area contributed by atoms with Gasteiger partial charge in [0.2, 0.25) is 0 Å². The van der Waals surface area contributed by atoms with Crippen LogP contribution in [0, 0.1) is 0 Å². The fraction of sp³-hybridized carbons (Fsp3) is 1.00. The van der Waals surface area contributed by atoms with E-state index in [1.165, 1.54) is 0 Å². The second-order valence-electron chi connectivity index (χ2n) is 3.11. The maximum Gasteiger partial charge on any atom is 0 e.